The third-order valence-corrected chi connectivity index (χ3v) is 5.72. The van der Waals surface area contributed by atoms with E-state index >= 15 is 0 Å². The number of aliphatic carboxylic acids is 1. The average molecular weight is 402 g/mol. The van der Waals surface area contributed by atoms with Gasteiger partial charge in [-0.05, 0) is 83.5 Å². The van der Waals surface area contributed by atoms with Gasteiger partial charge in [0.05, 0.1) is 7.11 Å². The zero-order valence-corrected chi connectivity index (χ0v) is 17.6. The van der Waals surface area contributed by atoms with Crippen LogP contribution in [0.1, 0.15) is 40.3 Å². The molecule has 1 aliphatic rings. The van der Waals surface area contributed by atoms with Crippen molar-refractivity contribution in [2.45, 2.75) is 39.2 Å². The minimum atomic E-state index is -0.773. The lowest BCUT2D eigenvalue weighted by Crippen LogP contribution is -2.03. The van der Waals surface area contributed by atoms with Gasteiger partial charge in [-0.15, -0.1) is 0 Å². The Bertz CT molecular complexity index is 1080. The first-order chi connectivity index (χ1) is 14.4. The molecule has 1 atom stereocenters. The normalized spacial score (nSPS) is 14.8. The standard InChI is InChI=1S/C26H26O4/c1-16-11-22(29-3)12-17(2)26(16)20-6-4-5-19(14-20)24-15-21-13-18(8-10-25(27)28)7-9-23(21)30-24/h4-7,9,11-14,24H,8,10,15H2,1-3H3,(H,27,28). The molecule has 0 aliphatic carbocycles. The van der Waals surface area contributed by atoms with Crippen LogP contribution in [-0.4, -0.2) is 18.2 Å². The van der Waals surface area contributed by atoms with Gasteiger partial charge in [0.15, 0.2) is 0 Å². The average Bonchev–Trinajstić information content (AvgIpc) is 3.15. The van der Waals surface area contributed by atoms with Crippen LogP contribution in [0.25, 0.3) is 11.1 Å². The number of hydrogen-bond acceptors (Lipinski definition) is 3. The highest BCUT2D eigenvalue weighted by Crippen LogP contribution is 2.39. The Morgan fingerprint density at radius 3 is 2.57 bits per heavy atom. The number of ether oxygens (including phenoxy) is 2. The molecule has 4 nitrogen and oxygen atoms in total. The molecule has 0 amide bonds. The molecular weight excluding hydrogens is 376 g/mol. The number of aryl methyl sites for hydroxylation is 3. The zero-order chi connectivity index (χ0) is 21.3. The van der Waals surface area contributed by atoms with Gasteiger partial charge < -0.3 is 14.6 Å². The van der Waals surface area contributed by atoms with Gasteiger partial charge in [-0.3, -0.25) is 4.79 Å². The molecule has 4 heteroatoms. The van der Waals surface area contributed by atoms with Gasteiger partial charge in [0.2, 0.25) is 0 Å². The molecule has 0 saturated heterocycles. The van der Waals surface area contributed by atoms with Gasteiger partial charge in [-0.1, -0.05) is 30.3 Å². The van der Waals surface area contributed by atoms with E-state index in [1.165, 1.54) is 22.3 Å². The first-order valence-electron chi connectivity index (χ1n) is 10.2. The van der Waals surface area contributed by atoms with Crippen LogP contribution in [-0.2, 0) is 17.6 Å². The molecule has 0 spiro atoms. The number of benzene rings is 3. The number of fused-ring (bicyclic) bond motifs is 1. The van der Waals surface area contributed by atoms with Crippen LogP contribution in [0.4, 0.5) is 0 Å². The molecule has 0 aromatic heterocycles. The Kier molecular flexibility index (Phi) is 5.49. The molecule has 1 heterocycles. The summed E-state index contributed by atoms with van der Waals surface area (Å²) in [6.45, 7) is 4.22. The van der Waals surface area contributed by atoms with Crippen molar-refractivity contribution in [1.29, 1.82) is 0 Å². The molecule has 30 heavy (non-hydrogen) atoms. The number of methoxy groups -OCH3 is 1. The first-order valence-corrected chi connectivity index (χ1v) is 10.2. The summed E-state index contributed by atoms with van der Waals surface area (Å²) in [5, 5.41) is 8.92. The summed E-state index contributed by atoms with van der Waals surface area (Å²) in [4.78, 5) is 10.8. The van der Waals surface area contributed by atoms with Gasteiger partial charge in [0.1, 0.15) is 17.6 Å². The van der Waals surface area contributed by atoms with E-state index in [1.54, 1.807) is 7.11 Å². The van der Waals surface area contributed by atoms with Crippen molar-refractivity contribution in [2.75, 3.05) is 7.11 Å². The van der Waals surface area contributed by atoms with Crippen molar-refractivity contribution in [3.8, 4) is 22.6 Å². The van der Waals surface area contributed by atoms with Gasteiger partial charge in [-0.2, -0.15) is 0 Å². The molecule has 0 saturated carbocycles. The summed E-state index contributed by atoms with van der Waals surface area (Å²) in [6.07, 6.45) is 1.44. The summed E-state index contributed by atoms with van der Waals surface area (Å²) in [5.74, 6) is 0.991. The zero-order valence-electron chi connectivity index (χ0n) is 17.6. The van der Waals surface area contributed by atoms with Crippen LogP contribution in [0.15, 0.2) is 54.6 Å². The van der Waals surface area contributed by atoms with Gasteiger partial charge >= 0.3 is 5.97 Å². The van der Waals surface area contributed by atoms with Crippen molar-refractivity contribution in [3.63, 3.8) is 0 Å². The van der Waals surface area contributed by atoms with E-state index in [9.17, 15) is 4.79 Å². The molecule has 0 bridgehead atoms. The molecule has 3 aromatic rings. The Morgan fingerprint density at radius 1 is 1.10 bits per heavy atom. The van der Waals surface area contributed by atoms with E-state index in [1.807, 2.05) is 12.1 Å². The molecule has 1 unspecified atom stereocenters. The lowest BCUT2D eigenvalue weighted by atomic mass is 9.92. The fraction of sp³-hybridized carbons (Fsp3) is 0.269. The number of carboxylic acids is 1. The van der Waals surface area contributed by atoms with Gasteiger partial charge in [-0.25, -0.2) is 0 Å². The van der Waals surface area contributed by atoms with Crippen LogP contribution in [0.5, 0.6) is 11.5 Å². The lowest BCUT2D eigenvalue weighted by molar-refractivity contribution is -0.136. The van der Waals surface area contributed by atoms with Gasteiger partial charge in [0, 0.05) is 12.8 Å². The molecule has 154 valence electrons. The van der Waals surface area contributed by atoms with Crippen LogP contribution >= 0.6 is 0 Å². The quantitative estimate of drug-likeness (QED) is 0.577. The highest BCUT2D eigenvalue weighted by atomic mass is 16.5. The second-order valence-corrected chi connectivity index (χ2v) is 7.91. The molecule has 4 rings (SSSR count). The third-order valence-electron chi connectivity index (χ3n) is 5.72. The van der Waals surface area contributed by atoms with Crippen molar-refractivity contribution in [2.24, 2.45) is 0 Å². The number of carbonyl (C=O) groups is 1. The molecule has 0 radical (unpaired) electrons. The molecule has 3 aromatic carbocycles. The van der Waals surface area contributed by atoms with Crippen molar-refractivity contribution < 1.29 is 19.4 Å². The first kappa shape index (κ1) is 20.0. The lowest BCUT2D eigenvalue weighted by Gasteiger charge is -2.16. The summed E-state index contributed by atoms with van der Waals surface area (Å²) < 4.78 is 11.6. The van der Waals surface area contributed by atoms with Crippen LogP contribution in [0.3, 0.4) is 0 Å². The number of rotatable bonds is 6. The van der Waals surface area contributed by atoms with E-state index in [2.05, 4.69) is 56.3 Å². The van der Waals surface area contributed by atoms with Crippen molar-refractivity contribution >= 4 is 5.97 Å². The Labute approximate surface area is 177 Å². The second-order valence-electron chi connectivity index (χ2n) is 7.91. The molecule has 1 aliphatic heterocycles. The second kappa shape index (κ2) is 8.23. The Morgan fingerprint density at radius 2 is 1.87 bits per heavy atom. The van der Waals surface area contributed by atoms with Crippen LogP contribution < -0.4 is 9.47 Å². The van der Waals surface area contributed by atoms with Crippen LogP contribution in [0.2, 0.25) is 0 Å². The smallest absolute Gasteiger partial charge is 0.303 e. The third kappa shape index (κ3) is 4.04. The topological polar surface area (TPSA) is 55.8 Å². The van der Waals surface area contributed by atoms with E-state index in [-0.39, 0.29) is 12.5 Å². The van der Waals surface area contributed by atoms with E-state index in [4.69, 9.17) is 14.6 Å². The summed E-state index contributed by atoms with van der Waals surface area (Å²) in [6, 6.07) is 18.7. The van der Waals surface area contributed by atoms with Crippen molar-refractivity contribution in [1.82, 2.24) is 0 Å². The molecule has 1 N–H and O–H groups in total. The largest absolute Gasteiger partial charge is 0.497 e. The fourth-order valence-electron chi connectivity index (χ4n) is 4.29. The predicted molar refractivity (Wildman–Crippen MR) is 117 cm³/mol. The summed E-state index contributed by atoms with van der Waals surface area (Å²) in [7, 11) is 1.69. The monoisotopic (exact) mass is 402 g/mol. The van der Waals surface area contributed by atoms with E-state index in [0.717, 1.165) is 34.6 Å². The minimum Gasteiger partial charge on any atom is -0.497 e. The predicted octanol–water partition coefficient (Wildman–Crippen LogP) is 5.67. The minimum absolute atomic E-state index is 0.0338. The Hall–Kier alpha value is -3.27. The fourth-order valence-corrected chi connectivity index (χ4v) is 4.29. The van der Waals surface area contributed by atoms with Crippen molar-refractivity contribution in [3.05, 3.63) is 82.4 Å². The maximum Gasteiger partial charge on any atom is 0.303 e. The maximum absolute atomic E-state index is 10.8. The highest BCUT2D eigenvalue weighted by Gasteiger charge is 2.25. The van der Waals surface area contributed by atoms with E-state index in [0.29, 0.717) is 6.42 Å². The summed E-state index contributed by atoms with van der Waals surface area (Å²) in [5.41, 5.74) is 8.09. The van der Waals surface area contributed by atoms with Gasteiger partial charge in [0.25, 0.3) is 0 Å². The number of carboxylic acid groups (broad SMARTS) is 1. The summed E-state index contributed by atoms with van der Waals surface area (Å²) >= 11 is 0. The van der Waals surface area contributed by atoms with Crippen LogP contribution in [0, 0.1) is 13.8 Å². The number of hydrogen-bond donors (Lipinski definition) is 1. The molecule has 0 fully saturated rings. The Balaban J connectivity index is 1.58. The SMILES string of the molecule is COc1cc(C)c(-c2cccc(C3Cc4cc(CCC(=O)O)ccc4O3)c2)c(C)c1. The highest BCUT2D eigenvalue weighted by molar-refractivity contribution is 5.72. The maximum atomic E-state index is 10.8. The molecular formula is C26H26O4. The van der Waals surface area contributed by atoms with E-state index < -0.39 is 5.97 Å².